The summed E-state index contributed by atoms with van der Waals surface area (Å²) < 4.78 is 11.1. The molecule has 0 saturated heterocycles. The van der Waals surface area contributed by atoms with Gasteiger partial charge < -0.3 is 19.9 Å². The number of nitrogens with zero attached hydrogens (tertiary/aromatic N) is 2. The van der Waals surface area contributed by atoms with Crippen LogP contribution in [0.15, 0.2) is 41.8 Å². The second-order valence-electron chi connectivity index (χ2n) is 9.94. The molecule has 0 saturated carbocycles. The highest BCUT2D eigenvalue weighted by atomic mass is 32.1. The van der Waals surface area contributed by atoms with E-state index in [1.54, 1.807) is 18.4 Å². The summed E-state index contributed by atoms with van der Waals surface area (Å²) in [4.78, 5) is 21.5. The maximum absolute atomic E-state index is 11.8. The summed E-state index contributed by atoms with van der Waals surface area (Å²) in [5.41, 5.74) is 6.61. The third-order valence-electron chi connectivity index (χ3n) is 7.25. The molecule has 0 spiro atoms. The van der Waals surface area contributed by atoms with Gasteiger partial charge in [0.1, 0.15) is 11.6 Å². The Labute approximate surface area is 227 Å². The number of aromatic nitrogens is 2. The van der Waals surface area contributed by atoms with E-state index in [0.717, 1.165) is 77.7 Å². The number of ether oxygens (including phenoxy) is 2. The molecule has 8 heteroatoms. The molecule has 1 unspecified atom stereocenters. The van der Waals surface area contributed by atoms with E-state index in [9.17, 15) is 9.90 Å². The smallest absolute Gasteiger partial charge is 0.303 e. The molecule has 0 amide bonds. The summed E-state index contributed by atoms with van der Waals surface area (Å²) in [5, 5.41) is 16.3. The zero-order chi connectivity index (χ0) is 26.3. The van der Waals surface area contributed by atoms with Gasteiger partial charge in [0, 0.05) is 23.5 Å². The molecule has 2 aliphatic heterocycles. The molecule has 38 heavy (non-hydrogen) atoms. The highest BCUT2D eigenvalue weighted by molar-refractivity contribution is 7.09. The molecule has 0 aliphatic carbocycles. The summed E-state index contributed by atoms with van der Waals surface area (Å²) in [7, 11) is 1.64. The Morgan fingerprint density at radius 1 is 1.18 bits per heavy atom. The zero-order valence-electron chi connectivity index (χ0n) is 21.9. The van der Waals surface area contributed by atoms with Crippen molar-refractivity contribution in [3.05, 3.63) is 74.9 Å². The summed E-state index contributed by atoms with van der Waals surface area (Å²) in [6.45, 7) is 2.31. The number of anilines is 1. The number of rotatable bonds is 11. The largest absolute Gasteiger partial charge is 0.496 e. The van der Waals surface area contributed by atoms with Crippen LogP contribution in [0.2, 0.25) is 0 Å². The van der Waals surface area contributed by atoms with E-state index in [4.69, 9.17) is 19.4 Å². The standard InChI is InChI=1S/C30H35N3O4S/c1-36-27-10-8-22(20-11-14-37-15-12-20)17-26(27)23(18-29(34)35)16-25-19-38-28(32-25)6-2-5-24-9-7-21-4-3-13-31-30(21)33-24/h7-11,17,19,23H,2-6,12-16,18H2,1H3,(H,31,33)(H,34,35). The van der Waals surface area contributed by atoms with Crippen LogP contribution in [-0.2, 0) is 35.2 Å². The van der Waals surface area contributed by atoms with Gasteiger partial charge in [-0.2, -0.15) is 0 Å². The number of benzene rings is 1. The first kappa shape index (κ1) is 26.4. The predicted octanol–water partition coefficient (Wildman–Crippen LogP) is 5.68. The molecule has 1 atom stereocenters. The lowest BCUT2D eigenvalue weighted by molar-refractivity contribution is -0.137. The average Bonchev–Trinajstić information content (AvgIpc) is 3.39. The van der Waals surface area contributed by atoms with Crippen LogP contribution >= 0.6 is 11.3 Å². The Balaban J connectivity index is 1.26. The fourth-order valence-electron chi connectivity index (χ4n) is 5.28. The summed E-state index contributed by atoms with van der Waals surface area (Å²) >= 11 is 1.65. The quantitative estimate of drug-likeness (QED) is 0.327. The molecule has 2 aliphatic rings. The fraction of sp³-hybridized carbons (Fsp3) is 0.433. The van der Waals surface area contributed by atoms with Crippen molar-refractivity contribution in [2.75, 3.05) is 32.2 Å². The molecule has 0 radical (unpaired) electrons. The van der Waals surface area contributed by atoms with Crippen molar-refractivity contribution in [2.24, 2.45) is 0 Å². The van der Waals surface area contributed by atoms with E-state index < -0.39 is 5.97 Å². The van der Waals surface area contributed by atoms with Crippen LogP contribution in [0.3, 0.4) is 0 Å². The number of carbonyl (C=O) groups is 1. The van der Waals surface area contributed by atoms with Crippen LogP contribution < -0.4 is 10.1 Å². The molecule has 7 nitrogen and oxygen atoms in total. The van der Waals surface area contributed by atoms with Crippen molar-refractivity contribution in [3.8, 4) is 5.75 Å². The Kier molecular flexibility index (Phi) is 8.71. The number of carboxylic acids is 1. The van der Waals surface area contributed by atoms with Crippen molar-refractivity contribution in [3.63, 3.8) is 0 Å². The fourth-order valence-corrected chi connectivity index (χ4v) is 6.14. The zero-order valence-corrected chi connectivity index (χ0v) is 22.7. The predicted molar refractivity (Wildman–Crippen MR) is 150 cm³/mol. The molecule has 2 aromatic heterocycles. The van der Waals surface area contributed by atoms with Crippen LogP contribution in [-0.4, -0.2) is 47.9 Å². The summed E-state index contributed by atoms with van der Waals surface area (Å²) in [6.07, 6.45) is 8.57. The molecular weight excluding hydrogens is 498 g/mol. The van der Waals surface area contributed by atoms with E-state index >= 15 is 0 Å². The Morgan fingerprint density at radius 3 is 2.92 bits per heavy atom. The van der Waals surface area contributed by atoms with Crippen LogP contribution in [0.4, 0.5) is 5.82 Å². The SMILES string of the molecule is COc1ccc(C2=CCOCC2)cc1C(CC(=O)O)Cc1csc(CCCc2ccc3c(n2)NCCC3)n1. The number of fused-ring (bicyclic) bond motifs is 1. The minimum absolute atomic E-state index is 0.0207. The van der Waals surface area contributed by atoms with Gasteiger partial charge in [0.25, 0.3) is 0 Å². The van der Waals surface area contributed by atoms with Crippen LogP contribution in [0, 0.1) is 0 Å². The number of aliphatic carboxylic acids is 1. The van der Waals surface area contributed by atoms with Crippen molar-refractivity contribution in [2.45, 2.75) is 57.3 Å². The molecule has 200 valence electrons. The number of nitrogens with one attached hydrogen (secondary N) is 1. The normalized spacial score (nSPS) is 15.8. The maximum atomic E-state index is 11.8. The van der Waals surface area contributed by atoms with Gasteiger partial charge in [-0.1, -0.05) is 18.2 Å². The minimum Gasteiger partial charge on any atom is -0.496 e. The first-order valence-corrected chi connectivity index (χ1v) is 14.3. The average molecular weight is 534 g/mol. The number of methoxy groups -OCH3 is 1. The Hall–Kier alpha value is -3.23. The lowest BCUT2D eigenvalue weighted by Gasteiger charge is -2.21. The monoisotopic (exact) mass is 533 g/mol. The minimum atomic E-state index is -0.824. The van der Waals surface area contributed by atoms with Crippen LogP contribution in [0.25, 0.3) is 5.57 Å². The molecule has 4 heterocycles. The number of thiazole rings is 1. The number of carboxylic acid groups (broad SMARTS) is 1. The van der Waals surface area contributed by atoms with Gasteiger partial charge in [-0.05, 0) is 85.4 Å². The Bertz CT molecular complexity index is 1300. The van der Waals surface area contributed by atoms with E-state index in [0.29, 0.717) is 19.6 Å². The molecule has 0 bridgehead atoms. The highest BCUT2D eigenvalue weighted by Gasteiger charge is 2.23. The first-order chi connectivity index (χ1) is 18.6. The molecule has 2 N–H and O–H groups in total. The summed E-state index contributed by atoms with van der Waals surface area (Å²) in [5.74, 6) is 0.706. The van der Waals surface area contributed by atoms with E-state index in [-0.39, 0.29) is 12.3 Å². The van der Waals surface area contributed by atoms with Gasteiger partial charge in [-0.3, -0.25) is 4.79 Å². The topological polar surface area (TPSA) is 93.6 Å². The molecular formula is C30H35N3O4S. The second kappa shape index (κ2) is 12.5. The second-order valence-corrected chi connectivity index (χ2v) is 10.9. The van der Waals surface area contributed by atoms with Crippen molar-refractivity contribution < 1.29 is 19.4 Å². The van der Waals surface area contributed by atoms with Gasteiger partial charge in [-0.15, -0.1) is 11.3 Å². The van der Waals surface area contributed by atoms with E-state index in [1.807, 2.05) is 12.1 Å². The van der Waals surface area contributed by atoms with Gasteiger partial charge in [-0.25, -0.2) is 9.97 Å². The van der Waals surface area contributed by atoms with Crippen molar-refractivity contribution >= 4 is 28.7 Å². The van der Waals surface area contributed by atoms with Crippen molar-refractivity contribution in [1.82, 2.24) is 9.97 Å². The van der Waals surface area contributed by atoms with Gasteiger partial charge >= 0.3 is 5.97 Å². The third-order valence-corrected chi connectivity index (χ3v) is 8.21. The van der Waals surface area contributed by atoms with Crippen LogP contribution in [0.1, 0.15) is 64.7 Å². The van der Waals surface area contributed by atoms with E-state index in [1.165, 1.54) is 17.6 Å². The number of hydrogen-bond donors (Lipinski definition) is 2. The summed E-state index contributed by atoms with van der Waals surface area (Å²) in [6, 6.07) is 10.4. The lowest BCUT2D eigenvalue weighted by atomic mass is 9.88. The highest BCUT2D eigenvalue weighted by Crippen LogP contribution is 2.35. The van der Waals surface area contributed by atoms with E-state index in [2.05, 4.69) is 35.0 Å². The lowest BCUT2D eigenvalue weighted by Crippen LogP contribution is -2.14. The number of hydrogen-bond acceptors (Lipinski definition) is 7. The molecule has 1 aromatic carbocycles. The van der Waals surface area contributed by atoms with Gasteiger partial charge in [0.15, 0.2) is 0 Å². The number of pyridine rings is 1. The third kappa shape index (κ3) is 6.60. The number of aryl methyl sites for hydroxylation is 3. The van der Waals surface area contributed by atoms with Gasteiger partial charge in [0.05, 0.1) is 37.4 Å². The maximum Gasteiger partial charge on any atom is 0.303 e. The van der Waals surface area contributed by atoms with Gasteiger partial charge in [0.2, 0.25) is 0 Å². The Morgan fingerprint density at radius 2 is 2.11 bits per heavy atom. The molecule has 3 aromatic rings. The van der Waals surface area contributed by atoms with Crippen molar-refractivity contribution in [1.29, 1.82) is 0 Å². The van der Waals surface area contributed by atoms with Crippen LogP contribution in [0.5, 0.6) is 5.75 Å². The first-order valence-electron chi connectivity index (χ1n) is 13.4. The molecule has 0 fully saturated rings. The molecule has 5 rings (SSSR count).